The van der Waals surface area contributed by atoms with Gasteiger partial charge < -0.3 is 104 Å². The number of nitrogens with zero attached hydrogens (tertiary/aromatic N) is 1. The smallest absolute Gasteiger partial charge is 0.187 e. The zero-order valence-electron chi connectivity index (χ0n) is 42.5. The van der Waals surface area contributed by atoms with Crippen molar-refractivity contribution in [3.05, 3.63) is 0 Å². The number of fused-ring (bicyclic) bond motifs is 9. The Kier molecular flexibility index (Phi) is 16.4. The summed E-state index contributed by atoms with van der Waals surface area (Å²) in [4.78, 5) is 2.94. The molecule has 0 bridgehead atoms. The Morgan fingerprint density at radius 3 is 1.63 bits per heavy atom. The molecular weight excluding hydrogens is 963 g/mol. The molecule has 0 aromatic rings. The molecule has 0 amide bonds. The molecule has 6 aliphatic heterocycles. The minimum absolute atomic E-state index is 0.131. The molecular formula is C51H85NO21. The summed E-state index contributed by atoms with van der Waals surface area (Å²) >= 11 is 0. The van der Waals surface area contributed by atoms with E-state index >= 15 is 0 Å². The Morgan fingerprint density at radius 1 is 0.466 bits per heavy atom. The van der Waals surface area contributed by atoms with Crippen molar-refractivity contribution in [2.24, 2.45) is 52.3 Å². The number of rotatable bonds is 12. The molecule has 10 fully saturated rings. The summed E-state index contributed by atoms with van der Waals surface area (Å²) in [6, 6.07) is 1.42. The van der Waals surface area contributed by atoms with E-state index in [1.54, 1.807) is 0 Å². The van der Waals surface area contributed by atoms with Crippen molar-refractivity contribution in [3.63, 3.8) is 0 Å². The van der Waals surface area contributed by atoms with Crippen LogP contribution >= 0.6 is 0 Å². The predicted molar refractivity (Wildman–Crippen MR) is 249 cm³/mol. The van der Waals surface area contributed by atoms with Crippen LogP contribution in [0.4, 0.5) is 0 Å². The fourth-order valence-corrected chi connectivity index (χ4v) is 16.9. The van der Waals surface area contributed by atoms with E-state index in [1.807, 2.05) is 0 Å². The maximum atomic E-state index is 11.8. The fraction of sp³-hybridized carbons (Fsp3) is 1.00. The molecule has 0 radical (unpaired) electrons. The highest BCUT2D eigenvalue weighted by atomic mass is 16.8. The lowest BCUT2D eigenvalue weighted by Crippen LogP contribution is -2.68. The summed E-state index contributed by atoms with van der Waals surface area (Å²) in [5, 5.41) is 140. The highest BCUT2D eigenvalue weighted by molar-refractivity contribution is 5.18. The second-order valence-corrected chi connectivity index (χ2v) is 24.5. The zero-order chi connectivity index (χ0) is 52.2. The van der Waals surface area contributed by atoms with E-state index in [0.717, 1.165) is 49.0 Å². The number of piperidine rings is 1. The Bertz CT molecular complexity index is 1860. The molecule has 32 atom stereocenters. The van der Waals surface area contributed by atoms with Crippen LogP contribution in [0.2, 0.25) is 0 Å². The molecule has 73 heavy (non-hydrogen) atoms. The zero-order valence-corrected chi connectivity index (χ0v) is 42.5. The van der Waals surface area contributed by atoms with Gasteiger partial charge in [-0.05, 0) is 116 Å². The van der Waals surface area contributed by atoms with Gasteiger partial charge >= 0.3 is 0 Å². The van der Waals surface area contributed by atoms with Gasteiger partial charge in [-0.2, -0.15) is 0 Å². The molecule has 32 unspecified atom stereocenters. The Balaban J connectivity index is 0.828. The molecule has 6 heterocycles. The lowest BCUT2D eigenvalue weighted by atomic mass is 9.44. The van der Waals surface area contributed by atoms with Gasteiger partial charge in [-0.1, -0.05) is 27.7 Å². The first-order valence-corrected chi connectivity index (χ1v) is 27.3. The van der Waals surface area contributed by atoms with Crippen LogP contribution < -0.4 is 0 Å². The van der Waals surface area contributed by atoms with Gasteiger partial charge in [-0.25, -0.2) is 0 Å². The molecule has 0 aromatic carbocycles. The molecule has 4 aliphatic carbocycles. The van der Waals surface area contributed by atoms with E-state index in [9.17, 15) is 66.4 Å². The maximum Gasteiger partial charge on any atom is 0.187 e. The fourth-order valence-electron chi connectivity index (χ4n) is 16.9. The molecule has 4 saturated carbocycles. The Hall–Kier alpha value is -0.880. The average molecular weight is 1050 g/mol. The van der Waals surface area contributed by atoms with Gasteiger partial charge in [0.15, 0.2) is 25.2 Å². The van der Waals surface area contributed by atoms with Gasteiger partial charge in [0.05, 0.1) is 32.5 Å². The van der Waals surface area contributed by atoms with Gasteiger partial charge in [-0.3, -0.25) is 4.90 Å². The lowest BCUT2D eigenvalue weighted by molar-refractivity contribution is -0.406. The lowest BCUT2D eigenvalue weighted by Gasteiger charge is -2.61. The van der Waals surface area contributed by atoms with Crippen molar-refractivity contribution < 1.29 is 104 Å². The van der Waals surface area contributed by atoms with Gasteiger partial charge in [0.2, 0.25) is 0 Å². The second-order valence-electron chi connectivity index (χ2n) is 24.5. The van der Waals surface area contributed by atoms with Crippen LogP contribution in [0.25, 0.3) is 0 Å². The molecule has 13 N–H and O–H groups in total. The standard InChI is InChI=1S/C51H85NO21/c1-20-5-8-27-21(2)33-28(52(27)15-20)14-26-24-7-6-22-13-23(9-11-50(22,3)25(24)10-12-51(26,33)4)66-46-42(65)39(62)43(32(19-56)70-46)71-49-45(73-48-41(64)38(61)35(58)30(17-54)68-48)44(36(59)31(18-55)69-49)72-47-40(63)37(60)34(57)29(16-53)67-47/h20-49,53-65H,5-19H2,1-4H3. The summed E-state index contributed by atoms with van der Waals surface area (Å²) in [6.07, 6.45) is -24.7. The maximum absolute atomic E-state index is 11.8. The summed E-state index contributed by atoms with van der Waals surface area (Å²) in [5.41, 5.74) is 0.494. The van der Waals surface area contributed by atoms with Crippen LogP contribution in [0.1, 0.15) is 91.9 Å². The minimum Gasteiger partial charge on any atom is -0.394 e. The van der Waals surface area contributed by atoms with Crippen molar-refractivity contribution in [1.29, 1.82) is 0 Å². The van der Waals surface area contributed by atoms with Crippen LogP contribution in [0.15, 0.2) is 0 Å². The molecule has 0 aromatic heterocycles. The van der Waals surface area contributed by atoms with Crippen LogP contribution in [0.5, 0.6) is 0 Å². The summed E-state index contributed by atoms with van der Waals surface area (Å²) in [5.74, 6) is 4.67. The topological polar surface area (TPSA) is 340 Å². The van der Waals surface area contributed by atoms with Crippen LogP contribution in [0.3, 0.4) is 0 Å². The van der Waals surface area contributed by atoms with Gasteiger partial charge in [0.1, 0.15) is 97.7 Å². The van der Waals surface area contributed by atoms with E-state index in [1.165, 1.54) is 45.1 Å². The van der Waals surface area contributed by atoms with E-state index in [0.29, 0.717) is 35.6 Å². The first-order valence-electron chi connectivity index (χ1n) is 27.3. The highest BCUT2D eigenvalue weighted by Crippen LogP contribution is 2.71. The summed E-state index contributed by atoms with van der Waals surface area (Å²) < 4.78 is 48.1. The quantitative estimate of drug-likeness (QED) is 0.0868. The number of aliphatic hydroxyl groups is 13. The van der Waals surface area contributed by atoms with Crippen LogP contribution in [0, 0.1) is 52.3 Å². The first-order chi connectivity index (χ1) is 34.8. The van der Waals surface area contributed by atoms with Gasteiger partial charge in [0.25, 0.3) is 0 Å². The molecule has 22 nitrogen and oxygen atoms in total. The van der Waals surface area contributed by atoms with E-state index in [-0.39, 0.29) is 11.5 Å². The van der Waals surface area contributed by atoms with E-state index < -0.39 is 149 Å². The molecule has 6 saturated heterocycles. The van der Waals surface area contributed by atoms with Crippen LogP contribution in [-0.2, 0) is 37.9 Å². The number of ether oxygens (including phenoxy) is 8. The predicted octanol–water partition coefficient (Wildman–Crippen LogP) is -2.97. The third kappa shape index (κ3) is 9.50. The van der Waals surface area contributed by atoms with Crippen molar-refractivity contribution in [3.8, 4) is 0 Å². The normalized spacial score (nSPS) is 57.3. The molecule has 0 spiro atoms. The SMILES string of the molecule is CC1CCC2C(C)C3C(CC4C5CCC6CC(OC7OC(CO)C(OC8OC(CO)C(O)C(OC9OC(CO)C(O)C(O)C9O)C8OC8OC(CO)C(O)C(O)C8O)C(O)C7O)CCC6(C)C5CCC43C)N2C1. The Labute approximate surface area is 426 Å². The highest BCUT2D eigenvalue weighted by Gasteiger charge is 2.67. The number of hydrogen-bond acceptors (Lipinski definition) is 22. The second kappa shape index (κ2) is 21.6. The van der Waals surface area contributed by atoms with E-state index in [4.69, 9.17) is 37.9 Å². The average Bonchev–Trinajstić information content (AvgIpc) is 3.85. The van der Waals surface area contributed by atoms with Gasteiger partial charge in [-0.15, -0.1) is 0 Å². The van der Waals surface area contributed by atoms with Crippen molar-refractivity contribution in [2.75, 3.05) is 33.0 Å². The largest absolute Gasteiger partial charge is 0.394 e. The van der Waals surface area contributed by atoms with Crippen molar-refractivity contribution >= 4 is 0 Å². The molecule has 10 rings (SSSR count). The monoisotopic (exact) mass is 1050 g/mol. The number of hydrogen-bond donors (Lipinski definition) is 13. The number of aliphatic hydroxyl groups excluding tert-OH is 13. The third-order valence-corrected chi connectivity index (χ3v) is 20.7. The molecule has 22 heteroatoms. The summed E-state index contributed by atoms with van der Waals surface area (Å²) in [7, 11) is 0. The van der Waals surface area contributed by atoms with E-state index in [2.05, 4.69) is 32.6 Å². The molecule has 10 aliphatic rings. The van der Waals surface area contributed by atoms with Gasteiger partial charge in [0, 0.05) is 18.6 Å². The summed E-state index contributed by atoms with van der Waals surface area (Å²) in [6.45, 7) is 7.97. The first kappa shape index (κ1) is 55.4. The Morgan fingerprint density at radius 2 is 1.00 bits per heavy atom. The van der Waals surface area contributed by atoms with Crippen LogP contribution in [-0.4, -0.2) is 245 Å². The molecule has 420 valence electrons. The minimum atomic E-state index is -2.03. The van der Waals surface area contributed by atoms with Crippen molar-refractivity contribution in [2.45, 2.75) is 233 Å². The van der Waals surface area contributed by atoms with Crippen molar-refractivity contribution in [1.82, 2.24) is 4.90 Å². The third-order valence-electron chi connectivity index (χ3n) is 20.7.